The van der Waals surface area contributed by atoms with Gasteiger partial charge in [0.15, 0.2) is 0 Å². The fourth-order valence-corrected chi connectivity index (χ4v) is 2.92. The maximum atomic E-state index is 6.07. The summed E-state index contributed by atoms with van der Waals surface area (Å²) in [7, 11) is 0. The minimum absolute atomic E-state index is 0.103. The first kappa shape index (κ1) is 12.6. The van der Waals surface area contributed by atoms with Crippen LogP contribution < -0.4 is 11.3 Å². The van der Waals surface area contributed by atoms with Crippen molar-refractivity contribution in [1.82, 2.24) is 5.43 Å². The van der Waals surface area contributed by atoms with Crippen LogP contribution in [0, 0.1) is 6.92 Å². The maximum absolute atomic E-state index is 6.07. The van der Waals surface area contributed by atoms with Crippen molar-refractivity contribution in [3.63, 3.8) is 0 Å². The number of aryl methyl sites for hydroxylation is 1. The Morgan fingerprint density at radius 1 is 1.41 bits per heavy atom. The molecule has 3 N–H and O–H groups in total. The summed E-state index contributed by atoms with van der Waals surface area (Å²) >= 11 is 7.81. The molecule has 0 radical (unpaired) electrons. The molecule has 1 aromatic carbocycles. The maximum Gasteiger partial charge on any atom is 0.0508 e. The van der Waals surface area contributed by atoms with Gasteiger partial charge in [-0.3, -0.25) is 11.3 Å². The van der Waals surface area contributed by atoms with Gasteiger partial charge in [-0.1, -0.05) is 23.7 Å². The molecule has 0 aliphatic carbocycles. The lowest BCUT2D eigenvalue weighted by Crippen LogP contribution is -2.29. The highest BCUT2D eigenvalue weighted by atomic mass is 35.5. The number of nitrogens with two attached hydrogens (primary N) is 1. The van der Waals surface area contributed by atoms with Gasteiger partial charge in [0.1, 0.15) is 0 Å². The van der Waals surface area contributed by atoms with Gasteiger partial charge >= 0.3 is 0 Å². The van der Waals surface area contributed by atoms with Gasteiger partial charge in [0.25, 0.3) is 0 Å². The molecular weight excluding hydrogens is 252 g/mol. The Kier molecular flexibility index (Phi) is 4.18. The van der Waals surface area contributed by atoms with Crippen molar-refractivity contribution in [1.29, 1.82) is 0 Å². The number of hydrogen-bond acceptors (Lipinski definition) is 3. The van der Waals surface area contributed by atoms with Crippen LogP contribution in [0.4, 0.5) is 0 Å². The van der Waals surface area contributed by atoms with Crippen LogP contribution in [0.15, 0.2) is 35.7 Å². The molecule has 0 fully saturated rings. The average molecular weight is 267 g/mol. The molecule has 1 unspecified atom stereocenters. The Morgan fingerprint density at radius 3 is 2.82 bits per heavy atom. The summed E-state index contributed by atoms with van der Waals surface area (Å²) in [6.07, 6.45) is 0.883. The van der Waals surface area contributed by atoms with Gasteiger partial charge in [-0.25, -0.2) is 0 Å². The number of hydrogen-bond donors (Lipinski definition) is 2. The van der Waals surface area contributed by atoms with Gasteiger partial charge in [-0.05, 0) is 41.6 Å². The molecule has 2 rings (SSSR count). The van der Waals surface area contributed by atoms with E-state index in [2.05, 4.69) is 29.0 Å². The molecule has 0 amide bonds. The minimum Gasteiger partial charge on any atom is -0.271 e. The Balaban J connectivity index is 2.22. The van der Waals surface area contributed by atoms with E-state index >= 15 is 0 Å². The molecule has 90 valence electrons. The molecule has 4 heteroatoms. The molecule has 0 spiro atoms. The van der Waals surface area contributed by atoms with Gasteiger partial charge in [-0.2, -0.15) is 0 Å². The molecule has 0 saturated carbocycles. The van der Waals surface area contributed by atoms with Crippen molar-refractivity contribution in [2.24, 2.45) is 5.84 Å². The Hall–Kier alpha value is -0.870. The molecule has 0 aliphatic heterocycles. The van der Waals surface area contributed by atoms with Gasteiger partial charge < -0.3 is 0 Å². The van der Waals surface area contributed by atoms with Crippen LogP contribution in [0.1, 0.15) is 22.0 Å². The summed E-state index contributed by atoms with van der Waals surface area (Å²) in [5, 5.41) is 2.83. The van der Waals surface area contributed by atoms with Crippen LogP contribution in [-0.2, 0) is 6.42 Å². The van der Waals surface area contributed by atoms with Gasteiger partial charge in [0, 0.05) is 16.3 Å². The predicted octanol–water partition coefficient (Wildman–Crippen LogP) is 3.46. The zero-order chi connectivity index (χ0) is 12.3. The lowest BCUT2D eigenvalue weighted by molar-refractivity contribution is 0.555. The van der Waals surface area contributed by atoms with E-state index in [1.54, 1.807) is 11.3 Å². The summed E-state index contributed by atoms with van der Waals surface area (Å²) in [5.41, 5.74) is 5.14. The normalized spacial score (nSPS) is 12.6. The molecule has 17 heavy (non-hydrogen) atoms. The van der Waals surface area contributed by atoms with Crippen molar-refractivity contribution in [2.75, 3.05) is 0 Å². The van der Waals surface area contributed by atoms with E-state index in [1.165, 1.54) is 4.88 Å². The molecule has 0 bridgehead atoms. The lowest BCUT2D eigenvalue weighted by Gasteiger charge is -2.16. The monoisotopic (exact) mass is 266 g/mol. The molecule has 0 saturated heterocycles. The van der Waals surface area contributed by atoms with E-state index in [4.69, 9.17) is 17.4 Å². The number of nitrogens with one attached hydrogen (secondary N) is 1. The molecule has 2 aromatic rings. The van der Waals surface area contributed by atoms with E-state index in [0.29, 0.717) is 0 Å². The third kappa shape index (κ3) is 3.30. The first-order valence-corrected chi connectivity index (χ1v) is 6.70. The van der Waals surface area contributed by atoms with Crippen LogP contribution in [0.5, 0.6) is 0 Å². The highest BCUT2D eigenvalue weighted by Gasteiger charge is 2.12. The average Bonchev–Trinajstić information content (AvgIpc) is 2.77. The molecule has 2 nitrogen and oxygen atoms in total. The van der Waals surface area contributed by atoms with Crippen LogP contribution in [0.25, 0.3) is 0 Å². The second kappa shape index (κ2) is 5.65. The lowest BCUT2D eigenvalue weighted by atomic mass is 10.0. The Bertz CT molecular complexity index is 462. The van der Waals surface area contributed by atoms with Crippen LogP contribution in [0.2, 0.25) is 5.02 Å². The van der Waals surface area contributed by atoms with E-state index in [-0.39, 0.29) is 6.04 Å². The van der Waals surface area contributed by atoms with Gasteiger partial charge in [0.05, 0.1) is 6.04 Å². The molecule has 1 atom stereocenters. The van der Waals surface area contributed by atoms with Crippen molar-refractivity contribution in [2.45, 2.75) is 19.4 Å². The highest BCUT2D eigenvalue weighted by molar-refractivity contribution is 7.09. The minimum atomic E-state index is 0.103. The van der Waals surface area contributed by atoms with Crippen LogP contribution >= 0.6 is 22.9 Å². The summed E-state index contributed by atoms with van der Waals surface area (Å²) in [5.74, 6) is 5.63. The van der Waals surface area contributed by atoms with Crippen LogP contribution in [0.3, 0.4) is 0 Å². The molecule has 1 aromatic heterocycles. The largest absolute Gasteiger partial charge is 0.271 e. The fourth-order valence-electron chi connectivity index (χ4n) is 1.87. The number of hydrazine groups is 1. The predicted molar refractivity (Wildman–Crippen MR) is 74.3 cm³/mol. The number of rotatable bonds is 4. The number of halogens is 1. The summed E-state index contributed by atoms with van der Waals surface area (Å²) in [4.78, 5) is 1.31. The first-order valence-electron chi connectivity index (χ1n) is 5.44. The van der Waals surface area contributed by atoms with Crippen molar-refractivity contribution >= 4 is 22.9 Å². The topological polar surface area (TPSA) is 38.0 Å². The van der Waals surface area contributed by atoms with Gasteiger partial charge in [0.2, 0.25) is 0 Å². The van der Waals surface area contributed by atoms with Gasteiger partial charge in [-0.15, -0.1) is 11.3 Å². The number of thiophene rings is 1. The van der Waals surface area contributed by atoms with Crippen molar-refractivity contribution in [3.8, 4) is 0 Å². The van der Waals surface area contributed by atoms with E-state index < -0.39 is 0 Å². The molecule has 0 aliphatic rings. The summed E-state index contributed by atoms with van der Waals surface area (Å²) in [6, 6.07) is 10.3. The fraction of sp³-hybridized carbons (Fsp3) is 0.231. The molecular formula is C13H15ClN2S. The Morgan fingerprint density at radius 2 is 2.24 bits per heavy atom. The highest BCUT2D eigenvalue weighted by Crippen LogP contribution is 2.24. The summed E-state index contributed by atoms with van der Waals surface area (Å²) in [6.45, 7) is 2.04. The van der Waals surface area contributed by atoms with E-state index in [0.717, 1.165) is 22.6 Å². The number of benzene rings is 1. The third-order valence-electron chi connectivity index (χ3n) is 2.65. The van der Waals surface area contributed by atoms with Crippen molar-refractivity contribution < 1.29 is 0 Å². The zero-order valence-corrected chi connectivity index (χ0v) is 11.2. The van der Waals surface area contributed by atoms with Crippen LogP contribution in [-0.4, -0.2) is 0 Å². The molecule has 1 heterocycles. The third-order valence-corrected chi connectivity index (χ3v) is 3.77. The van der Waals surface area contributed by atoms with E-state index in [9.17, 15) is 0 Å². The smallest absolute Gasteiger partial charge is 0.0508 e. The summed E-state index contributed by atoms with van der Waals surface area (Å²) < 4.78 is 0. The standard InChI is InChI=1S/C13H15ClN2S/c1-9-5-10(7-11(14)6-9)13(16-15)8-12-3-2-4-17-12/h2-7,13,16H,8,15H2,1H3. The van der Waals surface area contributed by atoms with Crippen molar-refractivity contribution in [3.05, 3.63) is 56.7 Å². The Labute approximate surface area is 110 Å². The SMILES string of the molecule is Cc1cc(Cl)cc(C(Cc2cccs2)NN)c1. The second-order valence-corrected chi connectivity index (χ2v) is 5.53. The first-order chi connectivity index (χ1) is 8.19. The second-order valence-electron chi connectivity index (χ2n) is 4.06. The quantitative estimate of drug-likeness (QED) is 0.657. The van der Waals surface area contributed by atoms with E-state index in [1.807, 2.05) is 19.1 Å². The zero-order valence-electron chi connectivity index (χ0n) is 9.61.